The maximum absolute atomic E-state index is 11.1. The molecule has 0 saturated heterocycles. The molecule has 1 heterocycles. The zero-order chi connectivity index (χ0) is 13.8. The van der Waals surface area contributed by atoms with E-state index in [0.29, 0.717) is 17.1 Å². The number of carbonyl (C=O) groups is 2. The lowest BCUT2D eigenvalue weighted by molar-refractivity contribution is 0.0658. The van der Waals surface area contributed by atoms with Gasteiger partial charge in [0.1, 0.15) is 18.1 Å². The molecule has 0 saturated carbocycles. The van der Waals surface area contributed by atoms with Crippen molar-refractivity contribution in [3.05, 3.63) is 53.5 Å². The number of Topliss-reactive ketones (excluding diaryl/α,β-unsaturated/α-hetero) is 1. The van der Waals surface area contributed by atoms with Gasteiger partial charge in [0, 0.05) is 5.56 Å². The lowest BCUT2D eigenvalue weighted by Crippen LogP contribution is -1.96. The van der Waals surface area contributed by atoms with Crippen molar-refractivity contribution < 1.29 is 23.8 Å². The zero-order valence-electron chi connectivity index (χ0n) is 10.3. The lowest BCUT2D eigenvalue weighted by atomic mass is 10.1. The first kappa shape index (κ1) is 12.9. The number of hydrogen-bond acceptors (Lipinski definition) is 4. The number of furan rings is 1. The van der Waals surface area contributed by atoms with Crippen molar-refractivity contribution in [3.8, 4) is 5.75 Å². The van der Waals surface area contributed by atoms with Gasteiger partial charge in [-0.2, -0.15) is 0 Å². The van der Waals surface area contributed by atoms with Gasteiger partial charge in [0.2, 0.25) is 5.76 Å². The van der Waals surface area contributed by atoms with Crippen LogP contribution in [0.5, 0.6) is 5.75 Å². The van der Waals surface area contributed by atoms with Crippen molar-refractivity contribution in [3.63, 3.8) is 0 Å². The number of carboxylic acid groups (broad SMARTS) is 1. The van der Waals surface area contributed by atoms with Crippen LogP contribution in [0.1, 0.15) is 33.6 Å². The molecule has 0 unspecified atom stereocenters. The van der Waals surface area contributed by atoms with Crippen molar-refractivity contribution in [1.29, 1.82) is 0 Å². The Bertz CT molecular complexity index is 595. The van der Waals surface area contributed by atoms with E-state index in [0.717, 1.165) is 0 Å². The number of carboxylic acids is 1. The van der Waals surface area contributed by atoms with E-state index in [1.807, 2.05) is 0 Å². The average molecular weight is 260 g/mol. The number of ketones is 1. The molecule has 1 aromatic heterocycles. The fourth-order valence-electron chi connectivity index (χ4n) is 1.51. The van der Waals surface area contributed by atoms with Gasteiger partial charge in [-0.05, 0) is 43.3 Å². The standard InChI is InChI=1S/C14H12O5/c1-9(15)10-2-4-11(5-3-10)18-8-12-6-7-13(19-12)14(16)17/h2-7H,8H2,1H3,(H,16,17). The number of ether oxygens (including phenoxy) is 1. The third kappa shape index (κ3) is 3.22. The van der Waals surface area contributed by atoms with E-state index < -0.39 is 5.97 Å². The summed E-state index contributed by atoms with van der Waals surface area (Å²) < 4.78 is 10.5. The Hall–Kier alpha value is -2.56. The molecule has 98 valence electrons. The van der Waals surface area contributed by atoms with Gasteiger partial charge in [-0.3, -0.25) is 4.79 Å². The van der Waals surface area contributed by atoms with Crippen LogP contribution in [-0.4, -0.2) is 16.9 Å². The minimum Gasteiger partial charge on any atom is -0.486 e. The maximum Gasteiger partial charge on any atom is 0.371 e. The highest BCUT2D eigenvalue weighted by molar-refractivity contribution is 5.94. The van der Waals surface area contributed by atoms with E-state index >= 15 is 0 Å². The van der Waals surface area contributed by atoms with E-state index in [9.17, 15) is 9.59 Å². The number of rotatable bonds is 5. The molecule has 0 amide bonds. The Balaban J connectivity index is 1.97. The first-order valence-electron chi connectivity index (χ1n) is 5.62. The number of hydrogen-bond donors (Lipinski definition) is 1. The third-order valence-corrected chi connectivity index (χ3v) is 2.51. The first-order valence-corrected chi connectivity index (χ1v) is 5.62. The highest BCUT2D eigenvalue weighted by atomic mass is 16.5. The zero-order valence-corrected chi connectivity index (χ0v) is 10.3. The summed E-state index contributed by atoms with van der Waals surface area (Å²) in [6.45, 7) is 1.62. The summed E-state index contributed by atoms with van der Waals surface area (Å²) in [5.74, 6) is -0.238. The Morgan fingerprint density at radius 1 is 1.16 bits per heavy atom. The second-order valence-corrected chi connectivity index (χ2v) is 3.94. The summed E-state index contributed by atoms with van der Waals surface area (Å²) in [5.41, 5.74) is 0.610. The van der Waals surface area contributed by atoms with E-state index in [4.69, 9.17) is 14.3 Å². The smallest absolute Gasteiger partial charge is 0.371 e. The summed E-state index contributed by atoms with van der Waals surface area (Å²) in [4.78, 5) is 21.7. The van der Waals surface area contributed by atoms with Crippen LogP contribution < -0.4 is 4.74 Å². The molecule has 19 heavy (non-hydrogen) atoms. The van der Waals surface area contributed by atoms with Gasteiger partial charge < -0.3 is 14.3 Å². The largest absolute Gasteiger partial charge is 0.486 e. The van der Waals surface area contributed by atoms with Gasteiger partial charge in [-0.15, -0.1) is 0 Å². The number of carbonyl (C=O) groups excluding carboxylic acids is 1. The monoisotopic (exact) mass is 260 g/mol. The summed E-state index contributed by atoms with van der Waals surface area (Å²) in [6, 6.07) is 9.62. The number of benzene rings is 1. The molecule has 0 bridgehead atoms. The van der Waals surface area contributed by atoms with E-state index in [1.54, 1.807) is 30.3 Å². The van der Waals surface area contributed by atoms with Crippen molar-refractivity contribution in [2.75, 3.05) is 0 Å². The van der Waals surface area contributed by atoms with Crippen molar-refractivity contribution in [1.82, 2.24) is 0 Å². The van der Waals surface area contributed by atoms with Crippen molar-refractivity contribution in [2.45, 2.75) is 13.5 Å². The fourth-order valence-corrected chi connectivity index (χ4v) is 1.51. The predicted molar refractivity (Wildman–Crippen MR) is 66.4 cm³/mol. The summed E-state index contributed by atoms with van der Waals surface area (Å²) in [7, 11) is 0. The molecule has 0 atom stereocenters. The van der Waals surface area contributed by atoms with E-state index in [-0.39, 0.29) is 18.2 Å². The topological polar surface area (TPSA) is 76.7 Å². The maximum atomic E-state index is 11.1. The predicted octanol–water partition coefficient (Wildman–Crippen LogP) is 2.76. The molecular weight excluding hydrogens is 248 g/mol. The van der Waals surface area contributed by atoms with Gasteiger partial charge in [0.25, 0.3) is 0 Å². The van der Waals surface area contributed by atoms with Crippen molar-refractivity contribution >= 4 is 11.8 Å². The molecule has 0 radical (unpaired) electrons. The second-order valence-electron chi connectivity index (χ2n) is 3.94. The van der Waals surface area contributed by atoms with Crippen molar-refractivity contribution in [2.24, 2.45) is 0 Å². The van der Waals surface area contributed by atoms with Gasteiger partial charge in [0.05, 0.1) is 0 Å². The summed E-state index contributed by atoms with van der Waals surface area (Å²) in [5, 5.41) is 8.70. The summed E-state index contributed by atoms with van der Waals surface area (Å²) in [6.07, 6.45) is 0. The lowest BCUT2D eigenvalue weighted by Gasteiger charge is -2.04. The molecule has 5 nitrogen and oxygen atoms in total. The van der Waals surface area contributed by atoms with Crippen LogP contribution in [-0.2, 0) is 6.61 Å². The Morgan fingerprint density at radius 2 is 1.84 bits per heavy atom. The first-order chi connectivity index (χ1) is 9.06. The molecule has 0 spiro atoms. The SMILES string of the molecule is CC(=O)c1ccc(OCc2ccc(C(=O)O)o2)cc1. The molecule has 0 aliphatic heterocycles. The highest BCUT2D eigenvalue weighted by Crippen LogP contribution is 2.15. The molecule has 0 fully saturated rings. The molecule has 0 aliphatic rings. The molecule has 5 heteroatoms. The number of aromatic carboxylic acids is 1. The Morgan fingerprint density at radius 3 is 2.37 bits per heavy atom. The Kier molecular flexibility index (Phi) is 3.66. The van der Waals surface area contributed by atoms with Crippen LogP contribution in [0.4, 0.5) is 0 Å². The van der Waals surface area contributed by atoms with Crippen LogP contribution in [0.25, 0.3) is 0 Å². The van der Waals surface area contributed by atoms with E-state index in [1.165, 1.54) is 13.0 Å². The normalized spacial score (nSPS) is 10.2. The molecular formula is C14H12O5. The molecule has 2 rings (SSSR count). The molecule has 2 aromatic rings. The van der Waals surface area contributed by atoms with Gasteiger partial charge in [-0.25, -0.2) is 4.79 Å². The van der Waals surface area contributed by atoms with Crippen LogP contribution in [0.3, 0.4) is 0 Å². The highest BCUT2D eigenvalue weighted by Gasteiger charge is 2.09. The van der Waals surface area contributed by atoms with Gasteiger partial charge in [-0.1, -0.05) is 0 Å². The quantitative estimate of drug-likeness (QED) is 0.836. The fraction of sp³-hybridized carbons (Fsp3) is 0.143. The van der Waals surface area contributed by atoms with Crippen LogP contribution in [0, 0.1) is 0 Å². The third-order valence-electron chi connectivity index (χ3n) is 2.51. The molecule has 1 N–H and O–H groups in total. The van der Waals surface area contributed by atoms with Crippen LogP contribution in [0.15, 0.2) is 40.8 Å². The van der Waals surface area contributed by atoms with E-state index in [2.05, 4.69) is 0 Å². The minimum atomic E-state index is -1.11. The van der Waals surface area contributed by atoms with Gasteiger partial charge in [0.15, 0.2) is 5.78 Å². The van der Waals surface area contributed by atoms with Gasteiger partial charge >= 0.3 is 5.97 Å². The molecule has 0 aliphatic carbocycles. The van der Waals surface area contributed by atoms with Crippen LogP contribution >= 0.6 is 0 Å². The second kappa shape index (κ2) is 5.39. The summed E-state index contributed by atoms with van der Waals surface area (Å²) >= 11 is 0. The average Bonchev–Trinajstić information content (AvgIpc) is 2.86. The van der Waals surface area contributed by atoms with Crippen LogP contribution in [0.2, 0.25) is 0 Å². The molecule has 1 aromatic carbocycles. The minimum absolute atomic E-state index is 0.0105. The Labute approximate surface area is 109 Å².